The number of ether oxygens (including phenoxy) is 1. The Morgan fingerprint density at radius 3 is 2.34 bits per heavy atom. The van der Waals surface area contributed by atoms with Gasteiger partial charge in [-0.15, -0.1) is 0 Å². The van der Waals surface area contributed by atoms with Crippen molar-refractivity contribution in [3.05, 3.63) is 89.5 Å². The first-order valence-corrected chi connectivity index (χ1v) is 9.65. The summed E-state index contributed by atoms with van der Waals surface area (Å²) in [6.07, 6.45) is 0.122. The van der Waals surface area contributed by atoms with Crippen LogP contribution in [0.2, 0.25) is 0 Å². The van der Waals surface area contributed by atoms with Gasteiger partial charge in [0.2, 0.25) is 0 Å². The van der Waals surface area contributed by atoms with E-state index in [9.17, 15) is 4.79 Å². The monoisotopic (exact) mass is 382 g/mol. The number of amides is 1. The second-order valence-corrected chi connectivity index (χ2v) is 6.93. The molecule has 3 N–H and O–H groups in total. The predicted molar refractivity (Wildman–Crippen MR) is 115 cm³/mol. The fourth-order valence-corrected chi connectivity index (χ4v) is 3.66. The molecule has 1 amide bonds. The first kappa shape index (κ1) is 18.6. The molecule has 3 aromatic carbocycles. The van der Waals surface area contributed by atoms with E-state index in [1.54, 1.807) is 0 Å². The SMILES string of the molecule is Nc1cccc(C#CCCNC(=O)OCC2c3ccccc3-c3ccccc32)c1. The Labute approximate surface area is 170 Å². The van der Waals surface area contributed by atoms with Crippen molar-refractivity contribution in [1.29, 1.82) is 0 Å². The van der Waals surface area contributed by atoms with Crippen LogP contribution in [0.4, 0.5) is 10.5 Å². The number of hydrogen-bond acceptors (Lipinski definition) is 3. The van der Waals surface area contributed by atoms with Crippen LogP contribution >= 0.6 is 0 Å². The van der Waals surface area contributed by atoms with E-state index in [1.165, 1.54) is 22.3 Å². The van der Waals surface area contributed by atoms with Crippen molar-refractivity contribution < 1.29 is 9.53 Å². The molecule has 4 heteroatoms. The van der Waals surface area contributed by atoms with Crippen molar-refractivity contribution in [2.45, 2.75) is 12.3 Å². The zero-order chi connectivity index (χ0) is 20.1. The van der Waals surface area contributed by atoms with Gasteiger partial charge in [0, 0.05) is 30.1 Å². The van der Waals surface area contributed by atoms with Crippen LogP contribution in [-0.4, -0.2) is 19.2 Å². The second-order valence-electron chi connectivity index (χ2n) is 6.93. The molecule has 3 aromatic rings. The lowest BCUT2D eigenvalue weighted by atomic mass is 9.98. The zero-order valence-corrected chi connectivity index (χ0v) is 16.0. The van der Waals surface area contributed by atoms with Crippen molar-refractivity contribution >= 4 is 11.8 Å². The number of anilines is 1. The molecule has 0 saturated carbocycles. The summed E-state index contributed by atoms with van der Waals surface area (Å²) >= 11 is 0. The topological polar surface area (TPSA) is 64.3 Å². The number of fused-ring (bicyclic) bond motifs is 3. The van der Waals surface area contributed by atoms with Gasteiger partial charge in [-0.3, -0.25) is 0 Å². The third-order valence-corrected chi connectivity index (χ3v) is 4.98. The van der Waals surface area contributed by atoms with Gasteiger partial charge in [0.05, 0.1) is 0 Å². The average Bonchev–Trinajstić information content (AvgIpc) is 3.06. The standard InChI is InChI=1S/C25H22N2O2/c26-19-10-7-9-18(16-19)8-5-6-15-27-25(28)29-17-24-22-13-3-1-11-20(22)21-12-2-4-14-23(21)24/h1-4,7,9-14,16,24H,6,15,17,26H2,(H,27,28). The lowest BCUT2D eigenvalue weighted by molar-refractivity contribution is 0.143. The maximum Gasteiger partial charge on any atom is 0.407 e. The van der Waals surface area contributed by atoms with E-state index < -0.39 is 6.09 Å². The van der Waals surface area contributed by atoms with Gasteiger partial charge in [-0.2, -0.15) is 0 Å². The van der Waals surface area contributed by atoms with Gasteiger partial charge >= 0.3 is 6.09 Å². The molecule has 1 aliphatic carbocycles. The summed E-state index contributed by atoms with van der Waals surface area (Å²) in [5.74, 6) is 6.13. The first-order valence-electron chi connectivity index (χ1n) is 9.65. The Morgan fingerprint density at radius 1 is 0.966 bits per heavy atom. The number of nitrogens with two attached hydrogens (primary N) is 1. The Kier molecular flexibility index (Phi) is 5.49. The minimum Gasteiger partial charge on any atom is -0.449 e. The van der Waals surface area contributed by atoms with Crippen LogP contribution in [0.5, 0.6) is 0 Å². The summed E-state index contributed by atoms with van der Waals surface area (Å²) < 4.78 is 5.51. The number of benzene rings is 3. The van der Waals surface area contributed by atoms with Gasteiger partial charge < -0.3 is 15.8 Å². The van der Waals surface area contributed by atoms with E-state index in [0.29, 0.717) is 25.3 Å². The highest BCUT2D eigenvalue weighted by Gasteiger charge is 2.28. The van der Waals surface area contributed by atoms with Crippen LogP contribution in [0, 0.1) is 11.8 Å². The maximum absolute atomic E-state index is 12.1. The Bertz CT molecular complexity index is 1050. The lowest BCUT2D eigenvalue weighted by Gasteiger charge is -2.14. The van der Waals surface area contributed by atoms with E-state index in [2.05, 4.69) is 41.4 Å². The molecule has 0 unspecified atom stereocenters. The number of nitrogens with one attached hydrogen (secondary N) is 1. The maximum atomic E-state index is 12.1. The molecule has 0 radical (unpaired) electrons. The van der Waals surface area contributed by atoms with Gasteiger partial charge in [0.15, 0.2) is 0 Å². The summed E-state index contributed by atoms with van der Waals surface area (Å²) in [6, 6.07) is 24.0. The van der Waals surface area contributed by atoms with E-state index in [1.807, 2.05) is 48.5 Å². The van der Waals surface area contributed by atoms with Crippen molar-refractivity contribution in [2.24, 2.45) is 0 Å². The quantitative estimate of drug-likeness (QED) is 0.395. The molecule has 0 bridgehead atoms. The molecule has 144 valence electrons. The van der Waals surface area contributed by atoms with Crippen molar-refractivity contribution in [3.8, 4) is 23.0 Å². The third kappa shape index (κ3) is 4.25. The number of carbonyl (C=O) groups is 1. The number of carbonyl (C=O) groups excluding carboxylic acids is 1. The number of alkyl carbamates (subject to hydrolysis) is 1. The lowest BCUT2D eigenvalue weighted by Crippen LogP contribution is -2.26. The van der Waals surface area contributed by atoms with Gasteiger partial charge in [-0.05, 0) is 40.5 Å². The molecule has 0 spiro atoms. The van der Waals surface area contributed by atoms with E-state index in [-0.39, 0.29) is 5.92 Å². The van der Waals surface area contributed by atoms with Crippen molar-refractivity contribution in [1.82, 2.24) is 5.32 Å². The van der Waals surface area contributed by atoms with E-state index in [4.69, 9.17) is 10.5 Å². The molecule has 0 saturated heterocycles. The van der Waals surface area contributed by atoms with Gasteiger partial charge in [0.1, 0.15) is 6.61 Å². The van der Waals surface area contributed by atoms with Crippen LogP contribution in [0.15, 0.2) is 72.8 Å². The molecule has 0 heterocycles. The van der Waals surface area contributed by atoms with Crippen LogP contribution in [-0.2, 0) is 4.74 Å². The molecule has 1 aliphatic rings. The van der Waals surface area contributed by atoms with Crippen LogP contribution in [0.25, 0.3) is 11.1 Å². The molecule has 4 rings (SSSR count). The molecule has 4 nitrogen and oxygen atoms in total. The predicted octanol–water partition coefficient (Wildman–Crippen LogP) is 4.55. The number of hydrogen-bond donors (Lipinski definition) is 2. The smallest absolute Gasteiger partial charge is 0.407 e. The summed E-state index contributed by atoms with van der Waals surface area (Å²) in [5, 5.41) is 2.76. The highest BCUT2D eigenvalue weighted by Crippen LogP contribution is 2.44. The third-order valence-electron chi connectivity index (χ3n) is 4.98. The average molecular weight is 382 g/mol. The molecule has 0 atom stereocenters. The normalized spacial score (nSPS) is 11.7. The second kappa shape index (κ2) is 8.53. The Balaban J connectivity index is 1.29. The van der Waals surface area contributed by atoms with Crippen LogP contribution in [0.3, 0.4) is 0 Å². The molecular weight excluding hydrogens is 360 g/mol. The Hall–Kier alpha value is -3.71. The largest absolute Gasteiger partial charge is 0.449 e. The molecule has 29 heavy (non-hydrogen) atoms. The summed E-state index contributed by atoms with van der Waals surface area (Å²) in [7, 11) is 0. The molecule has 0 aromatic heterocycles. The number of rotatable bonds is 4. The first-order chi connectivity index (χ1) is 14.2. The fourth-order valence-electron chi connectivity index (χ4n) is 3.66. The van der Waals surface area contributed by atoms with Crippen LogP contribution in [0.1, 0.15) is 29.0 Å². The van der Waals surface area contributed by atoms with Gasteiger partial charge in [0.25, 0.3) is 0 Å². The highest BCUT2D eigenvalue weighted by atomic mass is 16.5. The summed E-state index contributed by atoms with van der Waals surface area (Å²) in [5.41, 5.74) is 12.1. The molecule has 0 aliphatic heterocycles. The highest BCUT2D eigenvalue weighted by molar-refractivity contribution is 5.79. The number of nitrogen functional groups attached to an aromatic ring is 1. The van der Waals surface area contributed by atoms with Crippen molar-refractivity contribution in [3.63, 3.8) is 0 Å². The van der Waals surface area contributed by atoms with E-state index >= 15 is 0 Å². The minimum atomic E-state index is -0.419. The molecular formula is C25H22N2O2. The molecule has 0 fully saturated rings. The zero-order valence-electron chi connectivity index (χ0n) is 16.0. The fraction of sp³-hybridized carbons (Fsp3) is 0.160. The van der Waals surface area contributed by atoms with Crippen LogP contribution < -0.4 is 11.1 Å². The summed E-state index contributed by atoms with van der Waals surface area (Å²) in [4.78, 5) is 12.1. The van der Waals surface area contributed by atoms with E-state index in [0.717, 1.165) is 5.56 Å². The van der Waals surface area contributed by atoms with Gasteiger partial charge in [-0.25, -0.2) is 4.79 Å². The Morgan fingerprint density at radius 2 is 1.66 bits per heavy atom. The summed E-state index contributed by atoms with van der Waals surface area (Å²) in [6.45, 7) is 0.751. The minimum absolute atomic E-state index is 0.0662. The van der Waals surface area contributed by atoms with Crippen molar-refractivity contribution in [2.75, 3.05) is 18.9 Å². The van der Waals surface area contributed by atoms with Gasteiger partial charge in [-0.1, -0.05) is 66.4 Å².